The number of aryl methyl sites for hydroxylation is 1. The number of halogens is 3. The first-order valence-corrected chi connectivity index (χ1v) is 8.05. The maximum absolute atomic E-state index is 13.2. The third kappa shape index (κ3) is 4.43. The van der Waals surface area contributed by atoms with E-state index in [0.29, 0.717) is 17.1 Å². The van der Waals surface area contributed by atoms with Gasteiger partial charge in [0.25, 0.3) is 0 Å². The first-order valence-electron chi connectivity index (χ1n) is 8.05. The highest BCUT2D eigenvalue weighted by Crippen LogP contribution is 2.31. The van der Waals surface area contributed by atoms with E-state index < -0.39 is 17.5 Å². The molecule has 27 heavy (non-hydrogen) atoms. The normalized spacial score (nSPS) is 14.0. The van der Waals surface area contributed by atoms with E-state index in [4.69, 9.17) is 4.42 Å². The Hall–Kier alpha value is -2.94. The summed E-state index contributed by atoms with van der Waals surface area (Å²) < 4.78 is 45.0. The van der Waals surface area contributed by atoms with Crippen LogP contribution in [0.5, 0.6) is 0 Å². The molecular formula is C18H17F3N4O2. The van der Waals surface area contributed by atoms with Gasteiger partial charge in [-0.05, 0) is 38.1 Å². The molecule has 0 aliphatic rings. The van der Waals surface area contributed by atoms with Crippen molar-refractivity contribution in [1.82, 2.24) is 15.0 Å². The molecule has 1 atom stereocenters. The number of nitrogens with zero attached hydrogens (tertiary/aromatic N) is 3. The van der Waals surface area contributed by atoms with E-state index in [0.717, 1.165) is 6.07 Å². The highest BCUT2D eigenvalue weighted by Gasteiger charge is 2.34. The van der Waals surface area contributed by atoms with Gasteiger partial charge >= 0.3 is 6.18 Å². The lowest BCUT2D eigenvalue weighted by Crippen LogP contribution is -2.30. The zero-order valence-electron chi connectivity index (χ0n) is 14.6. The summed E-state index contributed by atoms with van der Waals surface area (Å²) >= 11 is 0. The lowest BCUT2D eigenvalue weighted by molar-refractivity contribution is -0.141. The van der Waals surface area contributed by atoms with E-state index in [1.54, 1.807) is 31.2 Å². The number of anilines is 1. The summed E-state index contributed by atoms with van der Waals surface area (Å²) in [5, 5.41) is 13.3. The molecule has 0 amide bonds. The molecule has 0 fully saturated rings. The maximum Gasteiger partial charge on any atom is 0.433 e. The molecule has 0 bridgehead atoms. The van der Waals surface area contributed by atoms with E-state index in [9.17, 15) is 18.3 Å². The topological polar surface area (TPSA) is 84.1 Å². The Morgan fingerprint density at radius 3 is 2.56 bits per heavy atom. The molecule has 1 unspecified atom stereocenters. The third-order valence-electron chi connectivity index (χ3n) is 3.82. The zero-order chi connectivity index (χ0) is 19.7. The molecule has 0 aliphatic heterocycles. The van der Waals surface area contributed by atoms with Gasteiger partial charge in [0.15, 0.2) is 11.5 Å². The predicted octanol–water partition coefficient (Wildman–Crippen LogP) is 3.78. The number of rotatable bonds is 5. The highest BCUT2D eigenvalue weighted by molar-refractivity contribution is 5.56. The fourth-order valence-corrected chi connectivity index (χ4v) is 2.38. The fourth-order valence-electron chi connectivity index (χ4n) is 2.38. The Kier molecular flexibility index (Phi) is 4.88. The molecule has 0 aliphatic carbocycles. The fraction of sp³-hybridized carbons (Fsp3) is 0.278. The SMILES string of the molecule is Cc1ccc(C(C)(O)CNc2cc(C(F)(F)F)nc(-c3cccnc3)n2)o1. The summed E-state index contributed by atoms with van der Waals surface area (Å²) in [7, 11) is 0. The Morgan fingerprint density at radius 2 is 1.96 bits per heavy atom. The van der Waals surface area contributed by atoms with Crippen LogP contribution in [0.3, 0.4) is 0 Å². The molecule has 3 rings (SSSR count). The van der Waals surface area contributed by atoms with Crippen molar-refractivity contribution in [2.75, 3.05) is 11.9 Å². The van der Waals surface area contributed by atoms with Crippen LogP contribution in [-0.4, -0.2) is 26.6 Å². The molecular weight excluding hydrogens is 361 g/mol. The van der Waals surface area contributed by atoms with E-state index in [1.807, 2.05) is 0 Å². The molecule has 0 radical (unpaired) electrons. The number of nitrogens with one attached hydrogen (secondary N) is 1. The van der Waals surface area contributed by atoms with Crippen LogP contribution in [0.25, 0.3) is 11.4 Å². The van der Waals surface area contributed by atoms with Crippen LogP contribution in [0.1, 0.15) is 24.1 Å². The molecule has 142 valence electrons. The number of aromatic nitrogens is 3. The van der Waals surface area contributed by atoms with Crippen LogP contribution < -0.4 is 5.32 Å². The molecule has 9 heteroatoms. The van der Waals surface area contributed by atoms with Gasteiger partial charge in [0.2, 0.25) is 0 Å². The summed E-state index contributed by atoms with van der Waals surface area (Å²) in [6.45, 7) is 3.11. The summed E-state index contributed by atoms with van der Waals surface area (Å²) in [5.41, 5.74) is -2.18. The van der Waals surface area contributed by atoms with Crippen molar-refractivity contribution in [3.8, 4) is 11.4 Å². The van der Waals surface area contributed by atoms with Gasteiger partial charge in [-0.1, -0.05) is 0 Å². The standard InChI is InChI=1S/C18H17F3N4O2/c1-11-5-6-14(27-11)17(2,26)10-23-15-8-13(18(19,20)21)24-16(25-15)12-4-3-7-22-9-12/h3-9,26H,10H2,1-2H3,(H,23,24,25). The van der Waals surface area contributed by atoms with E-state index >= 15 is 0 Å². The second-order valence-electron chi connectivity index (χ2n) is 6.24. The van der Waals surface area contributed by atoms with E-state index in [2.05, 4.69) is 20.3 Å². The summed E-state index contributed by atoms with van der Waals surface area (Å²) in [5.74, 6) is 0.726. The Balaban J connectivity index is 1.90. The second-order valence-corrected chi connectivity index (χ2v) is 6.24. The van der Waals surface area contributed by atoms with Crippen molar-refractivity contribution in [1.29, 1.82) is 0 Å². The van der Waals surface area contributed by atoms with Gasteiger partial charge in [0, 0.05) is 24.0 Å². The first-order chi connectivity index (χ1) is 12.6. The summed E-state index contributed by atoms with van der Waals surface area (Å²) in [6.07, 6.45) is -1.77. The molecule has 6 nitrogen and oxygen atoms in total. The average Bonchev–Trinajstić information content (AvgIpc) is 3.07. The molecule has 0 saturated heterocycles. The van der Waals surface area contributed by atoms with Crippen LogP contribution in [0.4, 0.5) is 19.0 Å². The smallest absolute Gasteiger partial charge is 0.433 e. The minimum absolute atomic E-state index is 0.0697. The van der Waals surface area contributed by atoms with Gasteiger partial charge in [0.05, 0.1) is 6.54 Å². The Morgan fingerprint density at radius 1 is 1.19 bits per heavy atom. The number of hydrogen-bond acceptors (Lipinski definition) is 6. The monoisotopic (exact) mass is 378 g/mol. The van der Waals surface area contributed by atoms with Crippen molar-refractivity contribution in [2.45, 2.75) is 25.6 Å². The van der Waals surface area contributed by atoms with Gasteiger partial charge in [-0.15, -0.1) is 0 Å². The minimum Gasteiger partial charge on any atom is -0.463 e. The number of alkyl halides is 3. The minimum atomic E-state index is -4.64. The molecule has 0 aromatic carbocycles. The lowest BCUT2D eigenvalue weighted by atomic mass is 10.0. The molecule has 3 aromatic heterocycles. The van der Waals surface area contributed by atoms with Gasteiger partial charge in [0.1, 0.15) is 22.9 Å². The summed E-state index contributed by atoms with van der Waals surface area (Å²) in [4.78, 5) is 11.6. The summed E-state index contributed by atoms with van der Waals surface area (Å²) in [6, 6.07) is 7.24. The van der Waals surface area contributed by atoms with Crippen LogP contribution >= 0.6 is 0 Å². The number of aliphatic hydroxyl groups is 1. The van der Waals surface area contributed by atoms with Crippen LogP contribution in [0.2, 0.25) is 0 Å². The quantitative estimate of drug-likeness (QED) is 0.703. The Labute approximate surface area is 153 Å². The molecule has 2 N–H and O–H groups in total. The van der Waals surface area contributed by atoms with Crippen molar-refractivity contribution >= 4 is 5.82 Å². The maximum atomic E-state index is 13.2. The van der Waals surface area contributed by atoms with Crippen molar-refractivity contribution in [3.63, 3.8) is 0 Å². The van der Waals surface area contributed by atoms with Crippen LogP contribution in [0, 0.1) is 6.92 Å². The number of hydrogen-bond donors (Lipinski definition) is 2. The highest BCUT2D eigenvalue weighted by atomic mass is 19.4. The van der Waals surface area contributed by atoms with Crippen molar-refractivity contribution in [2.24, 2.45) is 0 Å². The van der Waals surface area contributed by atoms with E-state index in [-0.39, 0.29) is 18.2 Å². The largest absolute Gasteiger partial charge is 0.463 e. The van der Waals surface area contributed by atoms with Crippen molar-refractivity contribution in [3.05, 3.63) is 59.9 Å². The molecule has 3 aromatic rings. The number of pyridine rings is 1. The van der Waals surface area contributed by atoms with Crippen LogP contribution in [0.15, 0.2) is 47.1 Å². The zero-order valence-corrected chi connectivity index (χ0v) is 14.6. The van der Waals surface area contributed by atoms with Gasteiger partial charge < -0.3 is 14.8 Å². The van der Waals surface area contributed by atoms with Gasteiger partial charge in [-0.3, -0.25) is 4.98 Å². The van der Waals surface area contributed by atoms with E-state index in [1.165, 1.54) is 19.3 Å². The first kappa shape index (κ1) is 18.8. The second kappa shape index (κ2) is 6.99. The molecule has 0 saturated carbocycles. The van der Waals surface area contributed by atoms with Gasteiger partial charge in [-0.2, -0.15) is 13.2 Å². The van der Waals surface area contributed by atoms with Gasteiger partial charge in [-0.25, -0.2) is 9.97 Å². The van der Waals surface area contributed by atoms with Crippen LogP contribution in [-0.2, 0) is 11.8 Å². The van der Waals surface area contributed by atoms with Crippen molar-refractivity contribution < 1.29 is 22.7 Å². The molecule has 3 heterocycles. The average molecular weight is 378 g/mol. The lowest BCUT2D eigenvalue weighted by Gasteiger charge is -2.22. The third-order valence-corrected chi connectivity index (χ3v) is 3.82. The molecule has 0 spiro atoms. The number of furan rings is 1. The Bertz CT molecular complexity index is 924. The predicted molar refractivity (Wildman–Crippen MR) is 91.8 cm³/mol.